The topological polar surface area (TPSA) is 101 Å². The van der Waals surface area contributed by atoms with E-state index in [1.165, 1.54) is 6.92 Å². The number of amides is 1. The van der Waals surface area contributed by atoms with Gasteiger partial charge in [0, 0.05) is 11.7 Å². The van der Waals surface area contributed by atoms with E-state index in [0.29, 0.717) is 0 Å². The number of hydrogen-bond acceptors (Lipinski definition) is 4. The summed E-state index contributed by atoms with van der Waals surface area (Å²) in [5, 5.41) is 11.3. The number of nitrogens with one attached hydrogen (secondary N) is 1. The van der Waals surface area contributed by atoms with Crippen molar-refractivity contribution in [2.24, 2.45) is 5.92 Å². The lowest BCUT2D eigenvalue weighted by atomic mass is 10.2. The van der Waals surface area contributed by atoms with Crippen molar-refractivity contribution < 1.29 is 23.1 Å². The molecule has 1 aliphatic carbocycles. The van der Waals surface area contributed by atoms with Crippen molar-refractivity contribution in [3.05, 3.63) is 0 Å². The zero-order valence-corrected chi connectivity index (χ0v) is 10.5. The smallest absolute Gasteiger partial charge is 0.326 e. The summed E-state index contributed by atoms with van der Waals surface area (Å²) in [5.74, 6) is -1.79. The molecule has 1 unspecified atom stereocenters. The number of hydrogen-bond donors (Lipinski definition) is 2. The fourth-order valence-electron chi connectivity index (χ4n) is 1.33. The first-order valence-electron chi connectivity index (χ1n) is 5.59. The van der Waals surface area contributed by atoms with E-state index in [4.69, 9.17) is 5.11 Å². The van der Waals surface area contributed by atoms with Crippen LogP contribution in [0.5, 0.6) is 0 Å². The predicted molar refractivity (Wildman–Crippen MR) is 61.2 cm³/mol. The van der Waals surface area contributed by atoms with E-state index in [9.17, 15) is 18.0 Å². The molecular weight excluding hydrogens is 246 g/mol. The van der Waals surface area contributed by atoms with E-state index in [1.807, 2.05) is 0 Å². The van der Waals surface area contributed by atoms with Gasteiger partial charge in [-0.15, -0.1) is 0 Å². The highest BCUT2D eigenvalue weighted by atomic mass is 32.2. The average molecular weight is 263 g/mol. The van der Waals surface area contributed by atoms with Gasteiger partial charge in [0.2, 0.25) is 5.91 Å². The largest absolute Gasteiger partial charge is 0.480 e. The maximum atomic E-state index is 11.4. The molecule has 1 saturated carbocycles. The Morgan fingerprint density at radius 1 is 1.41 bits per heavy atom. The summed E-state index contributed by atoms with van der Waals surface area (Å²) in [7, 11) is -3.20. The van der Waals surface area contributed by atoms with Crippen LogP contribution in [0.3, 0.4) is 0 Å². The maximum absolute atomic E-state index is 11.4. The average Bonchev–Trinajstić information content (AvgIpc) is 3.07. The highest BCUT2D eigenvalue weighted by Gasteiger charge is 2.32. The molecule has 2 N–H and O–H groups in total. The minimum absolute atomic E-state index is 0.0179. The van der Waals surface area contributed by atoms with Crippen molar-refractivity contribution in [2.75, 3.05) is 11.5 Å². The third kappa shape index (κ3) is 4.72. The first-order chi connectivity index (χ1) is 7.85. The number of rotatable bonds is 7. The molecule has 7 heteroatoms. The second-order valence-electron chi connectivity index (χ2n) is 4.20. The van der Waals surface area contributed by atoms with Crippen LogP contribution in [0, 0.1) is 5.92 Å². The van der Waals surface area contributed by atoms with Gasteiger partial charge in [0.15, 0.2) is 0 Å². The fraction of sp³-hybridized carbons (Fsp3) is 0.800. The van der Waals surface area contributed by atoms with Crippen LogP contribution in [-0.4, -0.2) is 42.9 Å². The molecule has 0 aromatic rings. The van der Waals surface area contributed by atoms with Crippen LogP contribution in [0.4, 0.5) is 0 Å². The van der Waals surface area contributed by atoms with Gasteiger partial charge in [0.1, 0.15) is 15.9 Å². The Morgan fingerprint density at radius 2 is 2.00 bits per heavy atom. The molecule has 0 heterocycles. The number of carbonyl (C=O) groups excluding carboxylic acids is 1. The molecule has 6 nitrogen and oxygen atoms in total. The van der Waals surface area contributed by atoms with Gasteiger partial charge < -0.3 is 10.4 Å². The molecule has 1 atom stereocenters. The Hall–Kier alpha value is -1.11. The number of carbonyl (C=O) groups is 2. The minimum Gasteiger partial charge on any atom is -0.480 e. The Balaban J connectivity index is 2.48. The molecule has 0 bridgehead atoms. The van der Waals surface area contributed by atoms with Gasteiger partial charge in [-0.25, -0.2) is 13.2 Å². The van der Waals surface area contributed by atoms with E-state index in [-0.39, 0.29) is 29.8 Å². The highest BCUT2D eigenvalue weighted by molar-refractivity contribution is 7.91. The van der Waals surface area contributed by atoms with E-state index < -0.39 is 21.8 Å². The zero-order valence-electron chi connectivity index (χ0n) is 9.68. The van der Waals surface area contributed by atoms with Crippen LogP contribution in [0.25, 0.3) is 0 Å². The summed E-state index contributed by atoms with van der Waals surface area (Å²) in [6, 6.07) is -1.11. The van der Waals surface area contributed by atoms with Crippen molar-refractivity contribution in [3.63, 3.8) is 0 Å². The lowest BCUT2D eigenvalue weighted by molar-refractivity contribution is -0.142. The summed E-state index contributed by atoms with van der Waals surface area (Å²) >= 11 is 0. The minimum atomic E-state index is -3.20. The van der Waals surface area contributed by atoms with Crippen molar-refractivity contribution >= 4 is 21.7 Å². The summed E-state index contributed by atoms with van der Waals surface area (Å²) in [6.45, 7) is 1.51. The normalized spacial score (nSPS) is 17.5. The quantitative estimate of drug-likeness (QED) is 0.662. The van der Waals surface area contributed by atoms with Gasteiger partial charge in [0.25, 0.3) is 0 Å². The van der Waals surface area contributed by atoms with Crippen LogP contribution in [-0.2, 0) is 19.4 Å². The van der Waals surface area contributed by atoms with E-state index in [0.717, 1.165) is 12.8 Å². The van der Waals surface area contributed by atoms with Crippen molar-refractivity contribution in [1.29, 1.82) is 0 Å². The Bertz CT molecular complexity index is 399. The van der Waals surface area contributed by atoms with Gasteiger partial charge in [-0.05, 0) is 19.3 Å². The van der Waals surface area contributed by atoms with E-state index in [2.05, 4.69) is 5.32 Å². The number of carboxylic acid groups (broad SMARTS) is 1. The van der Waals surface area contributed by atoms with E-state index >= 15 is 0 Å². The molecule has 0 aromatic carbocycles. The molecular formula is C10H17NO5S. The van der Waals surface area contributed by atoms with Crippen LogP contribution >= 0.6 is 0 Å². The predicted octanol–water partition coefficient (Wildman–Crippen LogP) is -0.209. The second-order valence-corrected chi connectivity index (χ2v) is 6.67. The van der Waals surface area contributed by atoms with Gasteiger partial charge >= 0.3 is 5.97 Å². The molecule has 1 fully saturated rings. The summed E-state index contributed by atoms with van der Waals surface area (Å²) < 4.78 is 22.5. The summed E-state index contributed by atoms with van der Waals surface area (Å²) in [6.07, 6.45) is 1.49. The van der Waals surface area contributed by atoms with Gasteiger partial charge in [-0.1, -0.05) is 6.92 Å². The van der Waals surface area contributed by atoms with Crippen molar-refractivity contribution in [2.45, 2.75) is 32.2 Å². The Labute approximate surface area is 100 Å². The molecule has 1 amide bonds. The lowest BCUT2D eigenvalue weighted by Gasteiger charge is -2.13. The second kappa shape index (κ2) is 5.48. The number of sulfone groups is 1. The molecule has 0 spiro atoms. The van der Waals surface area contributed by atoms with Crippen molar-refractivity contribution in [3.8, 4) is 0 Å². The zero-order chi connectivity index (χ0) is 13.1. The first-order valence-corrected chi connectivity index (χ1v) is 7.41. The monoisotopic (exact) mass is 263 g/mol. The van der Waals surface area contributed by atoms with E-state index in [1.54, 1.807) is 0 Å². The first kappa shape index (κ1) is 14.0. The van der Waals surface area contributed by atoms with Gasteiger partial charge in [-0.3, -0.25) is 4.79 Å². The molecule has 98 valence electrons. The molecule has 0 aliphatic heterocycles. The molecule has 0 aromatic heterocycles. The highest BCUT2D eigenvalue weighted by Crippen LogP contribution is 2.28. The number of aliphatic carboxylic acids is 1. The maximum Gasteiger partial charge on any atom is 0.326 e. The van der Waals surface area contributed by atoms with Gasteiger partial charge in [-0.2, -0.15) is 0 Å². The molecule has 0 saturated heterocycles. The third-order valence-electron chi connectivity index (χ3n) is 2.72. The molecule has 0 radical (unpaired) electrons. The van der Waals surface area contributed by atoms with Crippen LogP contribution in [0.1, 0.15) is 26.2 Å². The third-order valence-corrected chi connectivity index (χ3v) is 4.46. The fourth-order valence-corrected chi connectivity index (χ4v) is 2.22. The summed E-state index contributed by atoms with van der Waals surface area (Å²) in [5.41, 5.74) is 0. The summed E-state index contributed by atoms with van der Waals surface area (Å²) in [4.78, 5) is 22.3. The lowest BCUT2D eigenvalue weighted by Crippen LogP contribution is -2.42. The van der Waals surface area contributed by atoms with Crippen LogP contribution in [0.2, 0.25) is 0 Å². The van der Waals surface area contributed by atoms with Crippen LogP contribution < -0.4 is 5.32 Å². The number of carboxylic acids is 1. The molecule has 1 rings (SSSR count). The van der Waals surface area contributed by atoms with Gasteiger partial charge in [0.05, 0.1) is 5.75 Å². The Kier molecular flexibility index (Phi) is 4.50. The van der Waals surface area contributed by atoms with Crippen molar-refractivity contribution in [1.82, 2.24) is 5.32 Å². The SMILES string of the molecule is CCS(=O)(=O)CCC(NC(=O)C1CC1)C(=O)O. The molecule has 1 aliphatic rings. The standard InChI is InChI=1S/C10H17NO5S/c1-2-17(15,16)6-5-8(10(13)14)11-9(12)7-3-4-7/h7-8H,2-6H2,1H3,(H,11,12)(H,13,14). The Morgan fingerprint density at radius 3 is 2.41 bits per heavy atom. The van der Waals surface area contributed by atoms with Crippen LogP contribution in [0.15, 0.2) is 0 Å². The molecule has 17 heavy (non-hydrogen) atoms.